The van der Waals surface area contributed by atoms with E-state index in [1.807, 2.05) is 60.7 Å². The SMILES string of the molecule is C=CCCn1nc(/C=C/CC)n(Cc2ccc(-c3ccccc3-c3nn[nH]n3)cc2)c1=O. The van der Waals surface area contributed by atoms with E-state index in [9.17, 15) is 4.79 Å². The highest BCUT2D eigenvalue weighted by atomic mass is 16.2. The standard InChI is InChI=1S/C24H25N7O/c1-3-5-11-22-27-31(16-6-4-2)24(32)30(22)17-18-12-14-19(15-13-18)20-9-7-8-10-21(20)23-25-28-29-26-23/h4-5,7-15H,2-3,6,16-17H2,1H3,(H,25,26,28,29)/b11-5+. The van der Waals surface area contributed by atoms with Crippen LogP contribution in [0.25, 0.3) is 28.6 Å². The Balaban J connectivity index is 1.63. The fourth-order valence-electron chi connectivity index (χ4n) is 3.49. The quantitative estimate of drug-likeness (QED) is 0.408. The van der Waals surface area contributed by atoms with E-state index in [1.54, 1.807) is 10.6 Å². The molecular formula is C24H25N7O. The van der Waals surface area contributed by atoms with Crippen molar-refractivity contribution in [1.29, 1.82) is 0 Å². The molecule has 0 aliphatic heterocycles. The lowest BCUT2D eigenvalue weighted by atomic mass is 9.98. The van der Waals surface area contributed by atoms with Crippen molar-refractivity contribution in [3.05, 3.63) is 89.1 Å². The first-order valence-corrected chi connectivity index (χ1v) is 10.6. The Morgan fingerprint density at radius 1 is 1.09 bits per heavy atom. The molecule has 8 nitrogen and oxygen atoms in total. The molecule has 0 amide bonds. The molecule has 32 heavy (non-hydrogen) atoms. The van der Waals surface area contributed by atoms with Gasteiger partial charge in [0.15, 0.2) is 5.82 Å². The number of benzene rings is 2. The van der Waals surface area contributed by atoms with Gasteiger partial charge in [-0.05, 0) is 40.8 Å². The summed E-state index contributed by atoms with van der Waals surface area (Å²) >= 11 is 0. The Bertz CT molecular complexity index is 1260. The minimum atomic E-state index is -0.117. The van der Waals surface area contributed by atoms with Crippen LogP contribution in [0, 0.1) is 0 Å². The van der Waals surface area contributed by atoms with Crippen LogP contribution in [0.15, 0.2) is 72.1 Å². The van der Waals surface area contributed by atoms with E-state index < -0.39 is 0 Å². The van der Waals surface area contributed by atoms with Crippen molar-refractivity contribution in [3.63, 3.8) is 0 Å². The molecule has 0 fully saturated rings. The van der Waals surface area contributed by atoms with Gasteiger partial charge in [0.05, 0.1) is 6.54 Å². The zero-order valence-corrected chi connectivity index (χ0v) is 18.0. The van der Waals surface area contributed by atoms with Crippen molar-refractivity contribution in [2.45, 2.75) is 32.9 Å². The maximum atomic E-state index is 12.9. The summed E-state index contributed by atoms with van der Waals surface area (Å²) in [6.07, 6.45) is 7.28. The highest BCUT2D eigenvalue weighted by Gasteiger charge is 2.13. The van der Waals surface area contributed by atoms with Gasteiger partial charge in [0, 0.05) is 12.1 Å². The maximum absolute atomic E-state index is 12.9. The summed E-state index contributed by atoms with van der Waals surface area (Å²) in [6.45, 7) is 6.75. The first-order valence-electron chi connectivity index (χ1n) is 10.6. The molecule has 4 rings (SSSR count). The zero-order chi connectivity index (χ0) is 22.3. The molecule has 0 aliphatic rings. The maximum Gasteiger partial charge on any atom is 0.346 e. The molecule has 0 bridgehead atoms. The largest absolute Gasteiger partial charge is 0.346 e. The Morgan fingerprint density at radius 3 is 2.56 bits per heavy atom. The second-order valence-electron chi connectivity index (χ2n) is 7.32. The lowest BCUT2D eigenvalue weighted by Gasteiger charge is -2.09. The highest BCUT2D eigenvalue weighted by Crippen LogP contribution is 2.29. The van der Waals surface area contributed by atoms with E-state index in [1.165, 1.54) is 4.68 Å². The van der Waals surface area contributed by atoms with Crippen molar-refractivity contribution < 1.29 is 0 Å². The Kier molecular flexibility index (Phi) is 6.50. The molecule has 0 saturated heterocycles. The molecular weight excluding hydrogens is 402 g/mol. The van der Waals surface area contributed by atoms with E-state index in [0.29, 0.717) is 31.2 Å². The van der Waals surface area contributed by atoms with Gasteiger partial charge in [-0.25, -0.2) is 9.48 Å². The molecule has 0 saturated carbocycles. The number of tetrazole rings is 1. The number of H-pyrrole nitrogens is 1. The van der Waals surface area contributed by atoms with E-state index in [2.05, 4.69) is 39.2 Å². The van der Waals surface area contributed by atoms with Crippen LogP contribution >= 0.6 is 0 Å². The summed E-state index contributed by atoms with van der Waals surface area (Å²) in [5.74, 6) is 1.21. The van der Waals surface area contributed by atoms with E-state index in [4.69, 9.17) is 0 Å². The summed E-state index contributed by atoms with van der Waals surface area (Å²) in [5.41, 5.74) is 3.85. The third-order valence-corrected chi connectivity index (χ3v) is 5.12. The van der Waals surface area contributed by atoms with Crippen LogP contribution in [-0.2, 0) is 13.1 Å². The summed E-state index contributed by atoms with van der Waals surface area (Å²) in [7, 11) is 0. The van der Waals surface area contributed by atoms with Crippen molar-refractivity contribution in [2.24, 2.45) is 0 Å². The summed E-state index contributed by atoms with van der Waals surface area (Å²) in [5, 5.41) is 18.9. The molecule has 8 heteroatoms. The molecule has 1 N–H and O–H groups in total. The second-order valence-corrected chi connectivity index (χ2v) is 7.32. The van der Waals surface area contributed by atoms with Gasteiger partial charge >= 0.3 is 5.69 Å². The minimum Gasteiger partial charge on any atom is -0.271 e. The van der Waals surface area contributed by atoms with E-state index >= 15 is 0 Å². The molecule has 0 aliphatic carbocycles. The number of aromatic amines is 1. The van der Waals surface area contributed by atoms with Gasteiger partial charge in [0.2, 0.25) is 5.82 Å². The smallest absolute Gasteiger partial charge is 0.271 e. The number of allylic oxidation sites excluding steroid dienone is 2. The van der Waals surface area contributed by atoms with Gasteiger partial charge < -0.3 is 0 Å². The molecule has 0 spiro atoms. The molecule has 4 aromatic rings. The van der Waals surface area contributed by atoms with Crippen molar-refractivity contribution >= 4 is 6.08 Å². The number of aryl methyl sites for hydroxylation is 1. The van der Waals surface area contributed by atoms with Gasteiger partial charge in [-0.3, -0.25) is 4.57 Å². The van der Waals surface area contributed by atoms with E-state index in [0.717, 1.165) is 28.7 Å². The van der Waals surface area contributed by atoms with Gasteiger partial charge in [-0.15, -0.1) is 16.8 Å². The van der Waals surface area contributed by atoms with E-state index in [-0.39, 0.29) is 5.69 Å². The van der Waals surface area contributed by atoms with Crippen LogP contribution < -0.4 is 5.69 Å². The van der Waals surface area contributed by atoms with Crippen LogP contribution in [0.4, 0.5) is 0 Å². The number of rotatable bonds is 9. The summed E-state index contributed by atoms with van der Waals surface area (Å²) in [4.78, 5) is 12.9. The van der Waals surface area contributed by atoms with Crippen molar-refractivity contribution in [2.75, 3.05) is 0 Å². The lowest BCUT2D eigenvalue weighted by molar-refractivity contribution is 0.587. The average molecular weight is 428 g/mol. The lowest BCUT2D eigenvalue weighted by Crippen LogP contribution is -2.25. The predicted molar refractivity (Wildman–Crippen MR) is 125 cm³/mol. The van der Waals surface area contributed by atoms with Crippen LogP contribution in [0.5, 0.6) is 0 Å². The minimum absolute atomic E-state index is 0.117. The third kappa shape index (κ3) is 4.49. The van der Waals surface area contributed by atoms with Gasteiger partial charge in [-0.1, -0.05) is 67.6 Å². The van der Waals surface area contributed by atoms with Crippen LogP contribution in [0.3, 0.4) is 0 Å². The monoisotopic (exact) mass is 427 g/mol. The van der Waals surface area contributed by atoms with Gasteiger partial charge in [0.1, 0.15) is 0 Å². The zero-order valence-electron chi connectivity index (χ0n) is 18.0. The van der Waals surface area contributed by atoms with Crippen LogP contribution in [0.2, 0.25) is 0 Å². The Hall–Kier alpha value is -4.07. The van der Waals surface area contributed by atoms with Crippen molar-refractivity contribution in [3.8, 4) is 22.5 Å². The van der Waals surface area contributed by atoms with Crippen molar-refractivity contribution in [1.82, 2.24) is 35.0 Å². The number of nitrogens with zero attached hydrogens (tertiary/aromatic N) is 6. The molecule has 2 heterocycles. The van der Waals surface area contributed by atoms with Gasteiger partial charge in [0.25, 0.3) is 0 Å². The topological polar surface area (TPSA) is 94.3 Å². The molecule has 0 radical (unpaired) electrons. The molecule has 0 atom stereocenters. The number of hydrogen-bond donors (Lipinski definition) is 1. The molecule has 2 aromatic carbocycles. The fourth-order valence-corrected chi connectivity index (χ4v) is 3.49. The average Bonchev–Trinajstić information content (AvgIpc) is 3.46. The predicted octanol–water partition coefficient (Wildman–Crippen LogP) is 3.94. The molecule has 162 valence electrons. The normalized spacial score (nSPS) is 11.3. The van der Waals surface area contributed by atoms with Crippen LogP contribution in [0.1, 0.15) is 31.2 Å². The van der Waals surface area contributed by atoms with Crippen LogP contribution in [-0.4, -0.2) is 35.0 Å². The first-order chi connectivity index (χ1) is 15.7. The second kappa shape index (κ2) is 9.82. The molecule has 2 aromatic heterocycles. The highest BCUT2D eigenvalue weighted by molar-refractivity contribution is 5.80. The number of hydrogen-bond acceptors (Lipinski definition) is 5. The first kappa shape index (κ1) is 21.2. The molecule has 0 unspecified atom stereocenters. The number of nitrogens with one attached hydrogen (secondary N) is 1. The summed E-state index contributed by atoms with van der Waals surface area (Å²) in [6, 6.07) is 16.1. The Morgan fingerprint density at radius 2 is 1.88 bits per heavy atom. The third-order valence-electron chi connectivity index (χ3n) is 5.12. The fraction of sp³-hybridized carbons (Fsp3) is 0.208. The number of aromatic nitrogens is 7. The Labute approximate surface area is 185 Å². The summed E-state index contributed by atoms with van der Waals surface area (Å²) < 4.78 is 3.21. The van der Waals surface area contributed by atoms with Gasteiger partial charge in [-0.2, -0.15) is 10.3 Å².